The monoisotopic (exact) mass is 282 g/mol. The molecule has 0 atom stereocenters. The lowest BCUT2D eigenvalue weighted by Gasteiger charge is -2.17. The van der Waals surface area contributed by atoms with Gasteiger partial charge in [0.1, 0.15) is 5.15 Å². The Kier molecular flexibility index (Phi) is 3.15. The molecule has 1 aromatic carbocycles. The van der Waals surface area contributed by atoms with Gasteiger partial charge in [0.05, 0.1) is 12.1 Å². The fourth-order valence-corrected chi connectivity index (χ4v) is 2.75. The van der Waals surface area contributed by atoms with Crippen molar-refractivity contribution in [3.63, 3.8) is 0 Å². The van der Waals surface area contributed by atoms with Crippen molar-refractivity contribution in [1.82, 2.24) is 9.88 Å². The van der Waals surface area contributed by atoms with Crippen LogP contribution in [0.1, 0.15) is 12.0 Å². The van der Waals surface area contributed by atoms with E-state index in [1.165, 1.54) is 0 Å². The summed E-state index contributed by atoms with van der Waals surface area (Å²) in [5.41, 5.74) is 1.75. The standard InChI is InChI=1S/C14H13ClF2N2/c15-13-7-10(8-19-6-5-14(16,17)9-19)11-3-1-2-4-12(11)18-13/h1-4,7H,5-6,8-9H2. The molecule has 1 fully saturated rings. The van der Waals surface area contributed by atoms with Crippen LogP contribution < -0.4 is 0 Å². The molecule has 0 bridgehead atoms. The summed E-state index contributed by atoms with van der Waals surface area (Å²) in [6, 6.07) is 9.39. The minimum absolute atomic E-state index is 0.0657. The predicted octanol–water partition coefficient (Wildman–Crippen LogP) is 3.73. The van der Waals surface area contributed by atoms with Gasteiger partial charge in [0.25, 0.3) is 5.92 Å². The highest BCUT2D eigenvalue weighted by Crippen LogP contribution is 2.29. The van der Waals surface area contributed by atoms with E-state index in [2.05, 4.69) is 4.98 Å². The van der Waals surface area contributed by atoms with E-state index in [0.717, 1.165) is 16.5 Å². The third-order valence-electron chi connectivity index (χ3n) is 3.41. The molecule has 2 heterocycles. The summed E-state index contributed by atoms with van der Waals surface area (Å²) in [7, 11) is 0. The first-order valence-electron chi connectivity index (χ1n) is 6.18. The Balaban J connectivity index is 1.92. The van der Waals surface area contributed by atoms with Crippen LogP contribution in [0.3, 0.4) is 0 Å². The molecule has 0 N–H and O–H groups in total. The first kappa shape index (κ1) is 12.8. The van der Waals surface area contributed by atoms with Crippen molar-refractivity contribution in [2.24, 2.45) is 0 Å². The van der Waals surface area contributed by atoms with Gasteiger partial charge < -0.3 is 0 Å². The molecule has 2 aromatic rings. The van der Waals surface area contributed by atoms with E-state index in [1.54, 1.807) is 11.0 Å². The van der Waals surface area contributed by atoms with Gasteiger partial charge in [-0.1, -0.05) is 29.8 Å². The minimum Gasteiger partial charge on any atom is -0.293 e. The van der Waals surface area contributed by atoms with Crippen LogP contribution in [0.15, 0.2) is 30.3 Å². The van der Waals surface area contributed by atoms with E-state index < -0.39 is 5.92 Å². The molecule has 0 saturated carbocycles. The summed E-state index contributed by atoms with van der Waals surface area (Å²) in [5, 5.41) is 1.38. The Labute approximate surface area is 115 Å². The molecule has 3 rings (SSSR count). The van der Waals surface area contributed by atoms with Crippen LogP contribution >= 0.6 is 11.6 Å². The van der Waals surface area contributed by atoms with Crippen LogP contribution in [-0.4, -0.2) is 28.9 Å². The molecular formula is C14H13ClF2N2. The van der Waals surface area contributed by atoms with Crippen LogP contribution in [0.4, 0.5) is 8.78 Å². The fraction of sp³-hybridized carbons (Fsp3) is 0.357. The van der Waals surface area contributed by atoms with Gasteiger partial charge in [0.15, 0.2) is 0 Å². The highest BCUT2D eigenvalue weighted by Gasteiger charge is 2.38. The number of benzene rings is 1. The van der Waals surface area contributed by atoms with Gasteiger partial charge in [-0.3, -0.25) is 4.90 Å². The number of halogens is 3. The molecule has 1 aromatic heterocycles. The van der Waals surface area contributed by atoms with Crippen molar-refractivity contribution >= 4 is 22.5 Å². The second-order valence-corrected chi connectivity index (χ2v) is 5.33. The Morgan fingerprint density at radius 2 is 2.11 bits per heavy atom. The normalized spacial score (nSPS) is 19.1. The predicted molar refractivity (Wildman–Crippen MR) is 71.6 cm³/mol. The lowest BCUT2D eigenvalue weighted by atomic mass is 10.1. The van der Waals surface area contributed by atoms with Crippen molar-refractivity contribution in [3.8, 4) is 0 Å². The number of alkyl halides is 2. The van der Waals surface area contributed by atoms with Gasteiger partial charge in [-0.25, -0.2) is 13.8 Å². The van der Waals surface area contributed by atoms with Crippen LogP contribution in [0.25, 0.3) is 10.9 Å². The molecule has 0 amide bonds. The summed E-state index contributed by atoms with van der Waals surface area (Å²) in [6.45, 7) is 0.723. The van der Waals surface area contributed by atoms with Crippen molar-refractivity contribution < 1.29 is 8.78 Å². The van der Waals surface area contributed by atoms with E-state index >= 15 is 0 Å². The van der Waals surface area contributed by atoms with E-state index in [0.29, 0.717) is 18.2 Å². The van der Waals surface area contributed by atoms with Crippen LogP contribution in [-0.2, 0) is 6.54 Å². The molecule has 0 unspecified atom stereocenters. The number of rotatable bonds is 2. The molecular weight excluding hydrogens is 270 g/mol. The molecule has 0 radical (unpaired) electrons. The number of likely N-dealkylation sites (tertiary alicyclic amines) is 1. The van der Waals surface area contributed by atoms with E-state index in [1.807, 2.05) is 24.3 Å². The number of nitrogens with zero attached hydrogens (tertiary/aromatic N) is 2. The molecule has 2 nitrogen and oxygen atoms in total. The number of fused-ring (bicyclic) bond motifs is 1. The van der Waals surface area contributed by atoms with E-state index in [-0.39, 0.29) is 13.0 Å². The minimum atomic E-state index is -2.56. The molecule has 100 valence electrons. The number of hydrogen-bond donors (Lipinski definition) is 0. The third kappa shape index (κ3) is 2.69. The SMILES string of the molecule is FC1(F)CCN(Cc2cc(Cl)nc3ccccc23)C1. The maximum atomic E-state index is 13.2. The van der Waals surface area contributed by atoms with Crippen LogP contribution in [0, 0.1) is 0 Å². The van der Waals surface area contributed by atoms with Gasteiger partial charge in [-0.2, -0.15) is 0 Å². The summed E-state index contributed by atoms with van der Waals surface area (Å²) < 4.78 is 26.4. The van der Waals surface area contributed by atoms with Gasteiger partial charge >= 0.3 is 0 Å². The number of hydrogen-bond acceptors (Lipinski definition) is 2. The number of pyridine rings is 1. The van der Waals surface area contributed by atoms with Gasteiger partial charge in [-0.05, 0) is 17.7 Å². The highest BCUT2D eigenvalue weighted by molar-refractivity contribution is 6.29. The zero-order valence-corrected chi connectivity index (χ0v) is 11.0. The first-order valence-corrected chi connectivity index (χ1v) is 6.56. The topological polar surface area (TPSA) is 16.1 Å². The van der Waals surface area contributed by atoms with Gasteiger partial charge in [0, 0.05) is 24.9 Å². The largest absolute Gasteiger partial charge is 0.293 e. The summed E-state index contributed by atoms with van der Waals surface area (Å²) in [4.78, 5) is 6.00. The van der Waals surface area contributed by atoms with Crippen molar-refractivity contribution in [2.75, 3.05) is 13.1 Å². The fourth-order valence-electron chi connectivity index (χ4n) is 2.53. The molecule has 1 aliphatic rings. The molecule has 0 spiro atoms. The quantitative estimate of drug-likeness (QED) is 0.780. The maximum Gasteiger partial charge on any atom is 0.261 e. The third-order valence-corrected chi connectivity index (χ3v) is 3.61. The Hall–Kier alpha value is -1.26. The summed E-state index contributed by atoms with van der Waals surface area (Å²) in [6.07, 6.45) is -0.0657. The molecule has 5 heteroatoms. The summed E-state index contributed by atoms with van der Waals surface area (Å²) >= 11 is 5.99. The van der Waals surface area contributed by atoms with Crippen molar-refractivity contribution in [2.45, 2.75) is 18.9 Å². The maximum absolute atomic E-state index is 13.2. The van der Waals surface area contributed by atoms with Gasteiger partial charge in [0.2, 0.25) is 0 Å². The van der Waals surface area contributed by atoms with Crippen LogP contribution in [0.5, 0.6) is 0 Å². The Bertz CT molecular complexity index is 615. The van der Waals surface area contributed by atoms with Crippen molar-refractivity contribution in [1.29, 1.82) is 0 Å². The van der Waals surface area contributed by atoms with Gasteiger partial charge in [-0.15, -0.1) is 0 Å². The zero-order valence-electron chi connectivity index (χ0n) is 10.2. The molecule has 0 aliphatic carbocycles. The highest BCUT2D eigenvalue weighted by atomic mass is 35.5. The lowest BCUT2D eigenvalue weighted by Crippen LogP contribution is -2.25. The second kappa shape index (κ2) is 4.69. The molecule has 1 aliphatic heterocycles. The van der Waals surface area contributed by atoms with E-state index in [9.17, 15) is 8.78 Å². The molecule has 19 heavy (non-hydrogen) atoms. The van der Waals surface area contributed by atoms with Crippen molar-refractivity contribution in [3.05, 3.63) is 41.0 Å². The number of para-hydroxylation sites is 1. The average molecular weight is 283 g/mol. The average Bonchev–Trinajstić information content (AvgIpc) is 2.68. The van der Waals surface area contributed by atoms with E-state index in [4.69, 9.17) is 11.6 Å². The second-order valence-electron chi connectivity index (χ2n) is 4.94. The van der Waals surface area contributed by atoms with Crippen LogP contribution in [0.2, 0.25) is 5.15 Å². The summed E-state index contributed by atoms with van der Waals surface area (Å²) in [5.74, 6) is -2.56. The zero-order chi connectivity index (χ0) is 13.5. The number of aromatic nitrogens is 1. The first-order chi connectivity index (χ1) is 9.03. The Morgan fingerprint density at radius 1 is 1.32 bits per heavy atom. The lowest BCUT2D eigenvalue weighted by molar-refractivity contribution is 0.0115. The Morgan fingerprint density at radius 3 is 2.84 bits per heavy atom. The smallest absolute Gasteiger partial charge is 0.261 e. The molecule has 1 saturated heterocycles.